The Morgan fingerprint density at radius 3 is 2.86 bits per heavy atom. The fourth-order valence-corrected chi connectivity index (χ4v) is 4.37. The molecule has 0 bridgehead atoms. The summed E-state index contributed by atoms with van der Waals surface area (Å²) >= 11 is 1.49. The van der Waals surface area contributed by atoms with Crippen molar-refractivity contribution in [2.24, 2.45) is 4.99 Å². The summed E-state index contributed by atoms with van der Waals surface area (Å²) in [6, 6.07) is 13.6. The average Bonchev–Trinajstić information content (AvgIpc) is 3.29. The molecule has 6 heteroatoms. The fourth-order valence-electron chi connectivity index (χ4n) is 3.28. The molecule has 0 N–H and O–H groups in total. The van der Waals surface area contributed by atoms with Gasteiger partial charge in [-0.2, -0.15) is 4.99 Å². The summed E-state index contributed by atoms with van der Waals surface area (Å²) in [7, 11) is 1.57. The van der Waals surface area contributed by atoms with Crippen molar-refractivity contribution >= 4 is 38.4 Å². The average molecular weight is 407 g/mol. The molecule has 0 spiro atoms. The van der Waals surface area contributed by atoms with Crippen molar-refractivity contribution < 1.29 is 13.9 Å². The van der Waals surface area contributed by atoms with Crippen LogP contribution in [0.2, 0.25) is 0 Å². The maximum absolute atomic E-state index is 12.9. The van der Waals surface area contributed by atoms with Crippen molar-refractivity contribution in [1.29, 1.82) is 0 Å². The molecule has 0 aliphatic carbocycles. The first-order valence-corrected chi connectivity index (χ1v) is 10.2. The van der Waals surface area contributed by atoms with E-state index in [0.717, 1.165) is 15.6 Å². The van der Waals surface area contributed by atoms with Crippen LogP contribution in [0.3, 0.4) is 0 Å². The summed E-state index contributed by atoms with van der Waals surface area (Å²) in [6.07, 6.45) is 1.80. The molecule has 2 aromatic carbocycles. The molecule has 5 nitrogen and oxygen atoms in total. The molecule has 0 aliphatic heterocycles. The van der Waals surface area contributed by atoms with Crippen molar-refractivity contribution in [2.75, 3.05) is 7.11 Å². The number of hydrogen-bond donors (Lipinski definition) is 0. The van der Waals surface area contributed by atoms with Gasteiger partial charge < -0.3 is 13.7 Å². The summed E-state index contributed by atoms with van der Waals surface area (Å²) in [5.74, 6) is 0.792. The molecule has 2 aromatic heterocycles. The standard InChI is InChI=1S/C23H22N2O3S/c1-5-11-25-17-10-9-15(14(2)3)13-20(17)29-23(25)24-22(26)19-12-16-7-6-8-18(27-4)21(16)28-19/h5-10,12-14H,1,11H2,2-4H3. The maximum Gasteiger partial charge on any atom is 0.315 e. The van der Waals surface area contributed by atoms with Gasteiger partial charge in [0.1, 0.15) is 0 Å². The predicted molar refractivity (Wildman–Crippen MR) is 117 cm³/mol. The van der Waals surface area contributed by atoms with Crippen LogP contribution in [-0.4, -0.2) is 17.6 Å². The first kappa shape index (κ1) is 19.2. The van der Waals surface area contributed by atoms with Gasteiger partial charge in [0.05, 0.1) is 17.3 Å². The molecule has 0 unspecified atom stereocenters. The van der Waals surface area contributed by atoms with E-state index in [1.165, 1.54) is 16.9 Å². The van der Waals surface area contributed by atoms with Crippen molar-refractivity contribution in [3.05, 3.63) is 71.2 Å². The van der Waals surface area contributed by atoms with Crippen LogP contribution in [0.15, 0.2) is 64.5 Å². The second-order valence-electron chi connectivity index (χ2n) is 7.07. The summed E-state index contributed by atoms with van der Waals surface area (Å²) in [5.41, 5.74) is 2.84. The van der Waals surface area contributed by atoms with Gasteiger partial charge in [0.25, 0.3) is 0 Å². The minimum Gasteiger partial charge on any atom is -0.493 e. The van der Waals surface area contributed by atoms with Crippen LogP contribution in [0, 0.1) is 0 Å². The summed E-state index contributed by atoms with van der Waals surface area (Å²) in [6.45, 7) is 8.74. The molecule has 29 heavy (non-hydrogen) atoms. The van der Waals surface area contributed by atoms with Crippen LogP contribution in [0.25, 0.3) is 21.2 Å². The number of furan rings is 1. The van der Waals surface area contributed by atoms with Gasteiger partial charge in [0.15, 0.2) is 21.9 Å². The molecular weight excluding hydrogens is 384 g/mol. The van der Waals surface area contributed by atoms with Crippen LogP contribution in [-0.2, 0) is 6.54 Å². The lowest BCUT2D eigenvalue weighted by molar-refractivity contribution is 0.0973. The van der Waals surface area contributed by atoms with E-state index in [1.54, 1.807) is 25.3 Å². The molecule has 0 saturated heterocycles. The lowest BCUT2D eigenvalue weighted by atomic mass is 10.0. The lowest BCUT2D eigenvalue weighted by Gasteiger charge is -2.05. The highest BCUT2D eigenvalue weighted by molar-refractivity contribution is 7.16. The Labute approximate surface area is 172 Å². The molecule has 0 aliphatic rings. The van der Waals surface area contributed by atoms with Gasteiger partial charge in [-0.15, -0.1) is 6.58 Å². The molecule has 0 radical (unpaired) electrons. The van der Waals surface area contributed by atoms with Gasteiger partial charge in [-0.25, -0.2) is 0 Å². The quantitative estimate of drug-likeness (QED) is 0.411. The van der Waals surface area contributed by atoms with Crippen LogP contribution in [0.4, 0.5) is 0 Å². The predicted octanol–water partition coefficient (Wildman–Crippen LogP) is 5.51. The number of amides is 1. The monoisotopic (exact) mass is 406 g/mol. The van der Waals surface area contributed by atoms with Gasteiger partial charge in [-0.1, -0.05) is 49.5 Å². The van der Waals surface area contributed by atoms with Crippen molar-refractivity contribution in [3.63, 3.8) is 0 Å². The number of fused-ring (bicyclic) bond motifs is 2. The molecule has 4 aromatic rings. The molecule has 148 valence electrons. The lowest BCUT2D eigenvalue weighted by Crippen LogP contribution is -2.16. The number of nitrogens with zero attached hydrogens (tertiary/aromatic N) is 2. The number of thiazole rings is 1. The zero-order chi connectivity index (χ0) is 20.5. The van der Waals surface area contributed by atoms with E-state index in [0.29, 0.717) is 28.6 Å². The number of para-hydroxylation sites is 1. The summed E-state index contributed by atoms with van der Waals surface area (Å²) in [4.78, 5) is 17.9. The molecule has 0 atom stereocenters. The van der Waals surface area contributed by atoms with Crippen molar-refractivity contribution in [2.45, 2.75) is 26.3 Å². The topological polar surface area (TPSA) is 56.7 Å². The van der Waals surface area contributed by atoms with Crippen LogP contribution in [0.5, 0.6) is 5.75 Å². The Morgan fingerprint density at radius 2 is 2.14 bits per heavy atom. The van der Waals surface area contributed by atoms with E-state index in [2.05, 4.69) is 43.6 Å². The third kappa shape index (κ3) is 3.51. The smallest absolute Gasteiger partial charge is 0.315 e. The second kappa shape index (κ2) is 7.72. The van der Waals surface area contributed by atoms with E-state index in [4.69, 9.17) is 9.15 Å². The minimum absolute atomic E-state index is 0.190. The highest BCUT2D eigenvalue weighted by Gasteiger charge is 2.15. The Kier molecular flexibility index (Phi) is 5.11. The first-order chi connectivity index (χ1) is 14.0. The Morgan fingerprint density at radius 1 is 1.31 bits per heavy atom. The number of methoxy groups -OCH3 is 1. The largest absolute Gasteiger partial charge is 0.493 e. The van der Waals surface area contributed by atoms with Crippen molar-refractivity contribution in [3.8, 4) is 5.75 Å². The van der Waals surface area contributed by atoms with E-state index in [9.17, 15) is 4.79 Å². The van der Waals surface area contributed by atoms with Crippen LogP contribution < -0.4 is 9.54 Å². The number of ether oxygens (including phenoxy) is 1. The zero-order valence-corrected chi connectivity index (χ0v) is 17.5. The van der Waals surface area contributed by atoms with Crippen LogP contribution >= 0.6 is 11.3 Å². The third-order valence-electron chi connectivity index (χ3n) is 4.82. The van der Waals surface area contributed by atoms with Gasteiger partial charge in [-0.05, 0) is 35.7 Å². The number of allylic oxidation sites excluding steroid dienone is 1. The third-order valence-corrected chi connectivity index (χ3v) is 5.86. The van der Waals surface area contributed by atoms with Gasteiger partial charge in [0, 0.05) is 11.9 Å². The zero-order valence-electron chi connectivity index (χ0n) is 16.6. The van der Waals surface area contributed by atoms with Gasteiger partial charge >= 0.3 is 5.91 Å². The Hall–Kier alpha value is -3.12. The van der Waals surface area contributed by atoms with Gasteiger partial charge in [0.2, 0.25) is 0 Å². The molecule has 1 amide bonds. The summed E-state index contributed by atoms with van der Waals surface area (Å²) < 4.78 is 14.2. The maximum atomic E-state index is 12.9. The van der Waals surface area contributed by atoms with E-state index in [-0.39, 0.29) is 5.76 Å². The normalized spacial score (nSPS) is 12.2. The number of aromatic nitrogens is 1. The Balaban J connectivity index is 1.83. The fraction of sp³-hybridized carbons (Fsp3) is 0.217. The molecule has 2 heterocycles. The molecule has 0 fully saturated rings. The molecular formula is C23H22N2O3S. The SMILES string of the molecule is C=CCn1c(=NC(=O)c2cc3cccc(OC)c3o2)sc2cc(C(C)C)ccc21. The summed E-state index contributed by atoms with van der Waals surface area (Å²) in [5, 5.41) is 0.805. The number of rotatable bonds is 5. The van der Waals surface area contributed by atoms with Crippen LogP contribution in [0.1, 0.15) is 35.9 Å². The van der Waals surface area contributed by atoms with Crippen molar-refractivity contribution in [1.82, 2.24) is 4.57 Å². The first-order valence-electron chi connectivity index (χ1n) is 9.41. The highest BCUT2D eigenvalue weighted by Crippen LogP contribution is 2.29. The second-order valence-corrected chi connectivity index (χ2v) is 8.08. The highest BCUT2D eigenvalue weighted by atomic mass is 32.1. The van der Waals surface area contributed by atoms with Gasteiger partial charge in [-0.3, -0.25) is 4.79 Å². The van der Waals surface area contributed by atoms with E-state index in [1.807, 2.05) is 16.7 Å². The minimum atomic E-state index is -0.420. The number of benzene rings is 2. The molecule has 0 saturated carbocycles. The molecule has 4 rings (SSSR count). The Bertz CT molecular complexity index is 1290. The number of carbonyl (C=O) groups is 1. The number of hydrogen-bond acceptors (Lipinski definition) is 4. The number of carbonyl (C=O) groups excluding carboxylic acids is 1. The van der Waals surface area contributed by atoms with E-state index >= 15 is 0 Å². The van der Waals surface area contributed by atoms with E-state index < -0.39 is 5.91 Å².